The highest BCUT2D eigenvalue weighted by atomic mass is 16.5. The molecule has 0 aliphatic carbocycles. The van der Waals surface area contributed by atoms with E-state index in [2.05, 4.69) is 16.0 Å². The second-order valence-corrected chi connectivity index (χ2v) is 14.3. The summed E-state index contributed by atoms with van der Waals surface area (Å²) in [5, 5.41) is 8.14. The minimum Gasteiger partial charge on any atom is -0.497 e. The summed E-state index contributed by atoms with van der Waals surface area (Å²) in [5.41, 5.74) is 2.03. The Labute approximate surface area is 326 Å². The molecule has 0 aromatic heterocycles. The van der Waals surface area contributed by atoms with Crippen LogP contribution in [0.2, 0.25) is 0 Å². The highest BCUT2D eigenvalue weighted by Crippen LogP contribution is 2.34. The topological polar surface area (TPSA) is 176 Å². The van der Waals surface area contributed by atoms with E-state index in [0.29, 0.717) is 39.7 Å². The first kappa shape index (κ1) is 41.1. The number of benzene rings is 3. The van der Waals surface area contributed by atoms with E-state index in [1.54, 1.807) is 66.7 Å². The van der Waals surface area contributed by atoms with Crippen LogP contribution in [0, 0.1) is 0 Å². The minimum atomic E-state index is -1.16. The van der Waals surface area contributed by atoms with Gasteiger partial charge in [-0.25, -0.2) is 0 Å². The molecule has 298 valence electrons. The standard InChI is InChI=1S/C41H50N6O9/c1-23-36(48)43-24(2)39(51)45(4)31(19-26-9-14-29(54-7)15-10-26)38(50)44-25(3)40(52)47(6)33-20-27-11-16-30(17-12-27)56-35-22-28(13-18-34(35)55-8)21-32(37(49)42-23)46(5)41(33)53/h9-18,22-25,31-33H,19-21H2,1-8H3,(H,42,49)(H,43,48)(H,44,50)/t23?,24-,25-,31-,32-,33-/m0/s1. The van der Waals surface area contributed by atoms with E-state index in [-0.39, 0.29) is 19.3 Å². The fraction of sp³-hybridized carbons (Fsp3) is 0.415. The monoisotopic (exact) mass is 770 g/mol. The minimum absolute atomic E-state index is 0.00641. The number of hydrogen-bond acceptors (Lipinski definition) is 9. The number of methoxy groups -OCH3 is 2. The van der Waals surface area contributed by atoms with E-state index < -0.39 is 71.7 Å². The summed E-state index contributed by atoms with van der Waals surface area (Å²) in [6.45, 7) is 4.46. The summed E-state index contributed by atoms with van der Waals surface area (Å²) in [5.74, 6) is -1.63. The molecule has 6 atom stereocenters. The normalized spacial score (nSPS) is 24.3. The van der Waals surface area contributed by atoms with Gasteiger partial charge in [0.2, 0.25) is 35.4 Å². The van der Waals surface area contributed by atoms with Crippen LogP contribution in [0.5, 0.6) is 23.0 Å². The van der Waals surface area contributed by atoms with Crippen molar-refractivity contribution in [2.45, 2.75) is 76.3 Å². The van der Waals surface area contributed by atoms with Crippen molar-refractivity contribution in [3.8, 4) is 23.0 Å². The number of rotatable bonds is 4. The van der Waals surface area contributed by atoms with Gasteiger partial charge < -0.3 is 44.9 Å². The smallest absolute Gasteiger partial charge is 0.246 e. The van der Waals surface area contributed by atoms with Gasteiger partial charge in [0.25, 0.3) is 0 Å². The molecule has 3 aliphatic rings. The molecule has 1 saturated heterocycles. The van der Waals surface area contributed by atoms with Crippen LogP contribution < -0.4 is 30.2 Å². The first-order valence-corrected chi connectivity index (χ1v) is 18.4. The fourth-order valence-electron chi connectivity index (χ4n) is 6.83. The number of likely N-dealkylation sites (N-methyl/N-ethyl adjacent to an activating group) is 3. The maximum atomic E-state index is 14.7. The van der Waals surface area contributed by atoms with Gasteiger partial charge in [0.05, 0.1) is 14.2 Å². The number of carbonyl (C=O) groups is 6. The number of hydrogen-bond donors (Lipinski definition) is 3. The third-order valence-corrected chi connectivity index (χ3v) is 10.4. The Kier molecular flexibility index (Phi) is 12.9. The molecule has 3 N–H and O–H groups in total. The number of carbonyl (C=O) groups excluding carboxylic acids is 6. The molecule has 0 saturated carbocycles. The van der Waals surface area contributed by atoms with Crippen LogP contribution in [0.4, 0.5) is 0 Å². The molecule has 56 heavy (non-hydrogen) atoms. The number of ether oxygens (including phenoxy) is 3. The van der Waals surface area contributed by atoms with Crippen molar-refractivity contribution in [1.82, 2.24) is 30.7 Å². The molecule has 3 aliphatic heterocycles. The van der Waals surface area contributed by atoms with Crippen molar-refractivity contribution in [2.24, 2.45) is 0 Å². The van der Waals surface area contributed by atoms with Gasteiger partial charge in [0.1, 0.15) is 47.8 Å². The molecule has 6 bridgehead atoms. The lowest BCUT2D eigenvalue weighted by atomic mass is 9.98. The molecule has 6 rings (SSSR count). The summed E-state index contributed by atoms with van der Waals surface area (Å²) in [6, 6.07) is 12.5. The summed E-state index contributed by atoms with van der Waals surface area (Å²) in [6.07, 6.45) is 0.139. The van der Waals surface area contributed by atoms with Gasteiger partial charge in [-0.1, -0.05) is 30.3 Å². The second kappa shape index (κ2) is 17.6. The fourth-order valence-corrected chi connectivity index (χ4v) is 6.83. The molecule has 1 unspecified atom stereocenters. The van der Waals surface area contributed by atoms with Crippen molar-refractivity contribution in [3.63, 3.8) is 0 Å². The van der Waals surface area contributed by atoms with Crippen LogP contribution >= 0.6 is 0 Å². The summed E-state index contributed by atoms with van der Waals surface area (Å²) in [4.78, 5) is 88.2. The number of nitrogens with zero attached hydrogens (tertiary/aromatic N) is 3. The lowest BCUT2D eigenvalue weighted by Crippen LogP contribution is -2.61. The number of amides is 6. The van der Waals surface area contributed by atoms with E-state index in [9.17, 15) is 28.8 Å². The summed E-state index contributed by atoms with van der Waals surface area (Å²) in [7, 11) is 7.45. The molecule has 1 fully saturated rings. The zero-order valence-electron chi connectivity index (χ0n) is 33.0. The predicted octanol–water partition coefficient (Wildman–Crippen LogP) is 1.85. The molecule has 6 amide bonds. The summed E-state index contributed by atoms with van der Waals surface area (Å²) >= 11 is 0. The molecular formula is C41H50N6O9. The average molecular weight is 771 g/mol. The first-order chi connectivity index (χ1) is 26.6. The van der Waals surface area contributed by atoms with Crippen molar-refractivity contribution < 1.29 is 43.0 Å². The SMILES string of the molecule is COc1ccc(C[C@H]2C(=O)N[C@@H](C)C(=O)N(C)[C@H]3Cc4ccc(cc4)Oc4cc(ccc4OC)C[C@@H](C(=O)NC(C)C(=O)N[C@@H](C)C(=O)N2C)N(C)C3=O)cc1. The molecule has 3 aromatic carbocycles. The molecule has 0 radical (unpaired) electrons. The Morgan fingerprint density at radius 1 is 0.607 bits per heavy atom. The first-order valence-electron chi connectivity index (χ1n) is 18.4. The van der Waals surface area contributed by atoms with Crippen molar-refractivity contribution in [1.29, 1.82) is 0 Å². The number of fused-ring (bicyclic) bond motifs is 2. The van der Waals surface area contributed by atoms with Crippen molar-refractivity contribution >= 4 is 35.4 Å². The van der Waals surface area contributed by atoms with E-state index in [0.717, 1.165) is 0 Å². The van der Waals surface area contributed by atoms with Crippen molar-refractivity contribution in [2.75, 3.05) is 35.4 Å². The maximum absolute atomic E-state index is 14.7. The predicted molar refractivity (Wildman–Crippen MR) is 206 cm³/mol. The van der Waals surface area contributed by atoms with Gasteiger partial charge >= 0.3 is 0 Å². The third kappa shape index (κ3) is 9.21. The zero-order chi connectivity index (χ0) is 40.8. The highest BCUT2D eigenvalue weighted by molar-refractivity contribution is 5.98. The van der Waals surface area contributed by atoms with Gasteiger partial charge in [-0.15, -0.1) is 0 Å². The van der Waals surface area contributed by atoms with Crippen LogP contribution in [0.1, 0.15) is 37.5 Å². The molecule has 3 aromatic rings. The molecule has 3 heterocycles. The molecular weight excluding hydrogens is 720 g/mol. The van der Waals surface area contributed by atoms with E-state index in [1.165, 1.54) is 70.8 Å². The Balaban J connectivity index is 1.57. The van der Waals surface area contributed by atoms with Gasteiger partial charge in [0.15, 0.2) is 11.5 Å². The number of nitrogens with one attached hydrogen (secondary N) is 3. The van der Waals surface area contributed by atoms with E-state index in [1.807, 2.05) is 0 Å². The van der Waals surface area contributed by atoms with Crippen LogP contribution in [0.25, 0.3) is 0 Å². The Morgan fingerprint density at radius 2 is 1.16 bits per heavy atom. The maximum Gasteiger partial charge on any atom is 0.246 e. The Bertz CT molecular complexity index is 1950. The zero-order valence-corrected chi connectivity index (χ0v) is 33.0. The Hall–Kier alpha value is -6.12. The van der Waals surface area contributed by atoms with Gasteiger partial charge in [-0.2, -0.15) is 0 Å². The van der Waals surface area contributed by atoms with Crippen LogP contribution in [-0.4, -0.2) is 122 Å². The largest absolute Gasteiger partial charge is 0.497 e. The molecule has 15 nitrogen and oxygen atoms in total. The lowest BCUT2D eigenvalue weighted by molar-refractivity contribution is -0.149. The quantitative estimate of drug-likeness (QED) is 0.358. The van der Waals surface area contributed by atoms with Crippen LogP contribution in [0.3, 0.4) is 0 Å². The second-order valence-electron chi connectivity index (χ2n) is 14.3. The lowest BCUT2D eigenvalue weighted by Gasteiger charge is -2.36. The van der Waals surface area contributed by atoms with Crippen molar-refractivity contribution in [3.05, 3.63) is 83.4 Å². The molecule has 0 spiro atoms. The van der Waals surface area contributed by atoms with E-state index in [4.69, 9.17) is 14.2 Å². The average Bonchev–Trinajstić information content (AvgIpc) is 3.19. The third-order valence-electron chi connectivity index (χ3n) is 10.4. The summed E-state index contributed by atoms with van der Waals surface area (Å²) < 4.78 is 17.0. The Morgan fingerprint density at radius 3 is 1.79 bits per heavy atom. The van der Waals surface area contributed by atoms with Gasteiger partial charge in [-0.05, 0) is 73.9 Å². The molecule has 15 heteroatoms. The van der Waals surface area contributed by atoms with Crippen LogP contribution in [-0.2, 0) is 48.0 Å². The van der Waals surface area contributed by atoms with E-state index >= 15 is 0 Å². The highest BCUT2D eigenvalue weighted by Gasteiger charge is 2.39. The van der Waals surface area contributed by atoms with Gasteiger partial charge in [-0.3, -0.25) is 28.8 Å². The van der Waals surface area contributed by atoms with Crippen LogP contribution in [0.15, 0.2) is 66.7 Å². The van der Waals surface area contributed by atoms with Gasteiger partial charge in [0, 0.05) is 40.4 Å².